The van der Waals surface area contributed by atoms with Crippen LogP contribution in [0.15, 0.2) is 0 Å². The average Bonchev–Trinajstić information content (AvgIpc) is 2.53. The molecule has 0 aromatic carbocycles. The Labute approximate surface area is 57.6 Å². The highest BCUT2D eigenvalue weighted by Crippen LogP contribution is 2.92. The van der Waals surface area contributed by atoms with Crippen LogP contribution in [0.3, 0.4) is 0 Å². The number of rotatable bonds is 1. The van der Waals surface area contributed by atoms with E-state index in [1.807, 2.05) is 0 Å². The van der Waals surface area contributed by atoms with Crippen LogP contribution in [-0.2, 0) is 0 Å². The van der Waals surface area contributed by atoms with E-state index in [-0.39, 0.29) is 0 Å². The third kappa shape index (κ3) is 0.320. The Morgan fingerprint density at radius 1 is 1.33 bits per heavy atom. The molecule has 0 unspecified atom stereocenters. The van der Waals surface area contributed by atoms with Gasteiger partial charge in [-0.3, -0.25) is 0 Å². The summed E-state index contributed by atoms with van der Waals surface area (Å²) in [7, 11) is 0. The molecule has 0 amide bonds. The second-order valence-corrected chi connectivity index (χ2v) is 4.38. The van der Waals surface area contributed by atoms with Gasteiger partial charge in [-0.15, -0.1) is 0 Å². The molecule has 0 bridgehead atoms. The minimum atomic E-state index is 0.723. The van der Waals surface area contributed by atoms with Gasteiger partial charge in [0, 0.05) is 0 Å². The Hall–Kier alpha value is 0. The quantitative estimate of drug-likeness (QED) is 0.504. The highest BCUT2D eigenvalue weighted by molar-refractivity contribution is 5.34. The van der Waals surface area contributed by atoms with Gasteiger partial charge in [0.15, 0.2) is 0 Å². The molecule has 0 spiro atoms. The number of hydrogen-bond donors (Lipinski definition) is 0. The Bertz CT molecular complexity index is 157. The summed E-state index contributed by atoms with van der Waals surface area (Å²) in [6.07, 6.45) is 1.41. The van der Waals surface area contributed by atoms with Crippen LogP contribution in [0.5, 0.6) is 0 Å². The topological polar surface area (TPSA) is 0 Å². The van der Waals surface area contributed by atoms with Crippen LogP contribution in [0.25, 0.3) is 0 Å². The summed E-state index contributed by atoms with van der Waals surface area (Å²) in [5, 5.41) is 0. The maximum Gasteiger partial charge on any atom is -0.0181 e. The Morgan fingerprint density at radius 2 is 1.89 bits per heavy atom. The first-order chi connectivity index (χ1) is 4.09. The van der Waals surface area contributed by atoms with E-state index in [2.05, 4.69) is 27.7 Å². The molecule has 0 aromatic rings. The normalized spacial score (nSPS) is 58.7. The van der Waals surface area contributed by atoms with Gasteiger partial charge in [0.25, 0.3) is 0 Å². The zero-order valence-electron chi connectivity index (χ0n) is 6.86. The molecule has 0 radical (unpaired) electrons. The molecule has 2 rings (SSSR count). The molecule has 2 saturated carbocycles. The van der Waals surface area contributed by atoms with Gasteiger partial charge >= 0.3 is 0 Å². The van der Waals surface area contributed by atoms with Gasteiger partial charge in [-0.1, -0.05) is 27.7 Å². The summed E-state index contributed by atoms with van der Waals surface area (Å²) in [6.45, 7) is 9.58. The van der Waals surface area contributed by atoms with E-state index >= 15 is 0 Å². The summed E-state index contributed by atoms with van der Waals surface area (Å²) in [5.41, 5.74) is 1.54. The minimum absolute atomic E-state index is 0.723. The maximum atomic E-state index is 2.42. The molecule has 0 N–H and O–H groups in total. The Morgan fingerprint density at radius 3 is 1.89 bits per heavy atom. The molecular formula is C9H16. The van der Waals surface area contributed by atoms with Crippen molar-refractivity contribution in [3.8, 4) is 0 Å². The van der Waals surface area contributed by atoms with Gasteiger partial charge in [-0.2, -0.15) is 0 Å². The van der Waals surface area contributed by atoms with Gasteiger partial charge in [-0.25, -0.2) is 0 Å². The largest absolute Gasteiger partial charge is 0.0648 e. The first-order valence-corrected chi connectivity index (χ1v) is 4.09. The van der Waals surface area contributed by atoms with Gasteiger partial charge < -0.3 is 0 Å². The van der Waals surface area contributed by atoms with Crippen LogP contribution in [0.4, 0.5) is 0 Å². The molecule has 3 atom stereocenters. The summed E-state index contributed by atoms with van der Waals surface area (Å²) in [4.78, 5) is 0. The van der Waals surface area contributed by atoms with Crippen LogP contribution in [0, 0.1) is 22.7 Å². The molecule has 2 fully saturated rings. The van der Waals surface area contributed by atoms with E-state index in [1.54, 1.807) is 0 Å². The predicted molar refractivity (Wildman–Crippen MR) is 39.2 cm³/mol. The van der Waals surface area contributed by atoms with E-state index in [9.17, 15) is 0 Å². The fraction of sp³-hybridized carbons (Fsp3) is 1.00. The molecule has 2 aliphatic carbocycles. The number of hydrogen-bond acceptors (Lipinski definition) is 0. The van der Waals surface area contributed by atoms with Crippen molar-refractivity contribution < 1.29 is 0 Å². The average molecular weight is 124 g/mol. The maximum absolute atomic E-state index is 2.42. The number of fused-ring (bicyclic) bond motifs is 1. The zero-order valence-corrected chi connectivity index (χ0v) is 6.86. The third-order valence-corrected chi connectivity index (χ3v) is 4.24. The third-order valence-electron chi connectivity index (χ3n) is 4.24. The molecule has 52 valence electrons. The van der Waals surface area contributed by atoms with Crippen LogP contribution in [0.2, 0.25) is 0 Å². The molecule has 0 aromatic heterocycles. The SMILES string of the molecule is CC[C@@]12[C@H]([C@@H]1C)C2(C)C. The van der Waals surface area contributed by atoms with E-state index in [0.717, 1.165) is 22.7 Å². The van der Waals surface area contributed by atoms with E-state index < -0.39 is 0 Å². The molecular weight excluding hydrogens is 108 g/mol. The smallest absolute Gasteiger partial charge is 0.0181 e. The van der Waals surface area contributed by atoms with Crippen molar-refractivity contribution in [1.82, 2.24) is 0 Å². The Kier molecular flexibility index (Phi) is 0.695. The molecule has 0 aliphatic heterocycles. The fourth-order valence-corrected chi connectivity index (χ4v) is 3.67. The first kappa shape index (κ1) is 5.76. The molecule has 0 nitrogen and oxygen atoms in total. The van der Waals surface area contributed by atoms with Crippen molar-refractivity contribution in [2.75, 3.05) is 0 Å². The second kappa shape index (κ2) is 1.09. The van der Waals surface area contributed by atoms with E-state index in [0.29, 0.717) is 0 Å². The van der Waals surface area contributed by atoms with Gasteiger partial charge in [0.05, 0.1) is 0 Å². The fourth-order valence-electron chi connectivity index (χ4n) is 3.67. The van der Waals surface area contributed by atoms with Gasteiger partial charge in [-0.05, 0) is 29.1 Å². The molecule has 0 heteroatoms. The van der Waals surface area contributed by atoms with Gasteiger partial charge in [0.1, 0.15) is 0 Å². The van der Waals surface area contributed by atoms with Gasteiger partial charge in [0.2, 0.25) is 0 Å². The lowest BCUT2D eigenvalue weighted by Crippen LogP contribution is -2.13. The van der Waals surface area contributed by atoms with Crippen LogP contribution in [0.1, 0.15) is 34.1 Å². The van der Waals surface area contributed by atoms with Crippen molar-refractivity contribution in [1.29, 1.82) is 0 Å². The second-order valence-electron chi connectivity index (χ2n) is 4.38. The van der Waals surface area contributed by atoms with Crippen molar-refractivity contribution >= 4 is 0 Å². The van der Waals surface area contributed by atoms with Crippen molar-refractivity contribution in [3.05, 3.63) is 0 Å². The van der Waals surface area contributed by atoms with Crippen LogP contribution in [-0.4, -0.2) is 0 Å². The first-order valence-electron chi connectivity index (χ1n) is 4.09. The Balaban J connectivity index is 2.18. The highest BCUT2D eigenvalue weighted by atomic mass is 14.9. The molecule has 0 heterocycles. The molecule has 2 aliphatic rings. The van der Waals surface area contributed by atoms with Crippen molar-refractivity contribution in [2.45, 2.75) is 34.1 Å². The predicted octanol–water partition coefficient (Wildman–Crippen LogP) is 2.69. The standard InChI is InChI=1S/C9H16/c1-5-9-6(2)7(9)8(9,3)4/h6-7H,5H2,1-4H3/t6-,7+,9-/m0/s1. The van der Waals surface area contributed by atoms with Crippen LogP contribution < -0.4 is 0 Å². The highest BCUT2D eigenvalue weighted by Gasteiger charge is 2.87. The summed E-state index contributed by atoms with van der Waals surface area (Å²) in [5.74, 6) is 2.15. The zero-order chi connectivity index (χ0) is 6.86. The summed E-state index contributed by atoms with van der Waals surface area (Å²) in [6, 6.07) is 0. The van der Waals surface area contributed by atoms with E-state index in [1.165, 1.54) is 6.42 Å². The lowest BCUT2D eigenvalue weighted by Gasteiger charge is -2.20. The monoisotopic (exact) mass is 124 g/mol. The van der Waals surface area contributed by atoms with Crippen molar-refractivity contribution in [2.24, 2.45) is 22.7 Å². The molecule has 9 heavy (non-hydrogen) atoms. The van der Waals surface area contributed by atoms with Crippen LogP contribution >= 0.6 is 0 Å². The lowest BCUT2D eigenvalue weighted by atomic mass is 9.84. The van der Waals surface area contributed by atoms with E-state index in [4.69, 9.17) is 0 Å². The lowest BCUT2D eigenvalue weighted by molar-refractivity contribution is 0.284. The summed E-state index contributed by atoms with van der Waals surface area (Å²) < 4.78 is 0. The molecule has 0 saturated heterocycles. The van der Waals surface area contributed by atoms with Crippen molar-refractivity contribution in [3.63, 3.8) is 0 Å². The summed E-state index contributed by atoms with van der Waals surface area (Å²) >= 11 is 0. The minimum Gasteiger partial charge on any atom is -0.0648 e.